The predicted molar refractivity (Wildman–Crippen MR) is 60.4 cm³/mol. The molecule has 1 N–H and O–H groups in total. The summed E-state index contributed by atoms with van der Waals surface area (Å²) >= 11 is 0. The van der Waals surface area contributed by atoms with E-state index in [-0.39, 0.29) is 17.5 Å². The van der Waals surface area contributed by atoms with Crippen LogP contribution in [0.25, 0.3) is 0 Å². The molecule has 1 unspecified atom stereocenters. The molecule has 3 nitrogen and oxygen atoms in total. The highest BCUT2D eigenvalue weighted by Crippen LogP contribution is 2.18. The van der Waals surface area contributed by atoms with Crippen molar-refractivity contribution >= 4 is 5.78 Å². The van der Waals surface area contributed by atoms with Gasteiger partial charge in [0.15, 0.2) is 0 Å². The molecule has 0 aromatic heterocycles. The van der Waals surface area contributed by atoms with Crippen LogP contribution >= 0.6 is 0 Å². The molecule has 0 amide bonds. The monoisotopic (exact) mass is 220 g/mol. The van der Waals surface area contributed by atoms with Crippen molar-refractivity contribution in [1.29, 1.82) is 0 Å². The number of phenols is 1. The molecule has 0 saturated carbocycles. The fourth-order valence-electron chi connectivity index (χ4n) is 2.01. The lowest BCUT2D eigenvalue weighted by atomic mass is 9.93. The number of hydrogen-bond acceptors (Lipinski definition) is 3. The van der Waals surface area contributed by atoms with E-state index in [4.69, 9.17) is 4.74 Å². The average Bonchev–Trinajstić information content (AvgIpc) is 2.30. The molecule has 1 aromatic carbocycles. The molecule has 16 heavy (non-hydrogen) atoms. The van der Waals surface area contributed by atoms with Crippen molar-refractivity contribution in [2.75, 3.05) is 13.2 Å². The first-order valence-corrected chi connectivity index (χ1v) is 5.64. The number of benzene rings is 1. The van der Waals surface area contributed by atoms with Crippen molar-refractivity contribution in [3.63, 3.8) is 0 Å². The van der Waals surface area contributed by atoms with E-state index in [1.807, 2.05) is 6.07 Å². The Labute approximate surface area is 95.0 Å². The highest BCUT2D eigenvalue weighted by molar-refractivity contribution is 5.83. The first kappa shape index (κ1) is 11.1. The summed E-state index contributed by atoms with van der Waals surface area (Å²) in [5.74, 6) is 0.464. The van der Waals surface area contributed by atoms with Gasteiger partial charge in [0.25, 0.3) is 0 Å². The van der Waals surface area contributed by atoms with E-state index in [0.29, 0.717) is 13.0 Å². The number of ketones is 1. The summed E-state index contributed by atoms with van der Waals surface area (Å²) in [5.41, 5.74) is 0.871. The molecule has 1 fully saturated rings. The number of ether oxygens (including phenoxy) is 1. The maximum absolute atomic E-state index is 11.9. The fourth-order valence-corrected chi connectivity index (χ4v) is 2.01. The maximum Gasteiger partial charge on any atom is 0.142 e. The van der Waals surface area contributed by atoms with Gasteiger partial charge in [0, 0.05) is 18.9 Å². The Morgan fingerprint density at radius 2 is 2.38 bits per heavy atom. The molecule has 1 heterocycles. The Kier molecular flexibility index (Phi) is 3.57. The molecular weight excluding hydrogens is 204 g/mol. The van der Waals surface area contributed by atoms with Gasteiger partial charge in [0.1, 0.15) is 11.5 Å². The van der Waals surface area contributed by atoms with Crippen molar-refractivity contribution in [2.45, 2.75) is 19.3 Å². The zero-order valence-electron chi connectivity index (χ0n) is 9.19. The third kappa shape index (κ3) is 2.83. The van der Waals surface area contributed by atoms with Gasteiger partial charge >= 0.3 is 0 Å². The lowest BCUT2D eigenvalue weighted by Crippen LogP contribution is -2.26. The van der Waals surface area contributed by atoms with E-state index in [1.165, 1.54) is 0 Å². The van der Waals surface area contributed by atoms with Gasteiger partial charge in [-0.1, -0.05) is 12.1 Å². The second-order valence-corrected chi connectivity index (χ2v) is 4.23. The maximum atomic E-state index is 11.9. The van der Waals surface area contributed by atoms with E-state index in [1.54, 1.807) is 18.2 Å². The quantitative estimate of drug-likeness (QED) is 0.846. The van der Waals surface area contributed by atoms with Crippen molar-refractivity contribution in [1.82, 2.24) is 0 Å². The Bertz CT molecular complexity index is 367. The minimum Gasteiger partial charge on any atom is -0.508 e. The van der Waals surface area contributed by atoms with E-state index < -0.39 is 0 Å². The summed E-state index contributed by atoms with van der Waals surface area (Å²) in [5, 5.41) is 9.30. The third-order valence-electron chi connectivity index (χ3n) is 2.90. The van der Waals surface area contributed by atoms with E-state index in [2.05, 4.69) is 0 Å². The predicted octanol–water partition coefficient (Wildman–Crippen LogP) is 1.93. The molecule has 1 atom stereocenters. The van der Waals surface area contributed by atoms with Crippen molar-refractivity contribution in [3.8, 4) is 5.75 Å². The molecular formula is C13H16O3. The van der Waals surface area contributed by atoms with Gasteiger partial charge in [-0.25, -0.2) is 0 Å². The van der Waals surface area contributed by atoms with Crippen LogP contribution in [-0.4, -0.2) is 24.1 Å². The summed E-state index contributed by atoms with van der Waals surface area (Å²) in [4.78, 5) is 11.9. The van der Waals surface area contributed by atoms with Crippen LogP contribution in [0.2, 0.25) is 0 Å². The van der Waals surface area contributed by atoms with Gasteiger partial charge in [-0.3, -0.25) is 4.79 Å². The van der Waals surface area contributed by atoms with Crippen LogP contribution in [0.15, 0.2) is 24.3 Å². The number of phenolic OH excluding ortho intramolecular Hbond substituents is 1. The standard InChI is InChI=1S/C13H16O3/c14-12-5-1-3-10(7-12)8-13(15)11-4-2-6-16-9-11/h1,3,5,7,11,14H,2,4,6,8-9H2. The minimum atomic E-state index is 0.0381. The molecule has 0 bridgehead atoms. The molecule has 1 aromatic rings. The molecule has 1 saturated heterocycles. The molecule has 0 radical (unpaired) electrons. The Hall–Kier alpha value is -1.35. The van der Waals surface area contributed by atoms with Gasteiger partial charge in [0.2, 0.25) is 0 Å². The molecule has 2 rings (SSSR count). The Morgan fingerprint density at radius 1 is 1.50 bits per heavy atom. The zero-order valence-corrected chi connectivity index (χ0v) is 9.19. The summed E-state index contributed by atoms with van der Waals surface area (Å²) < 4.78 is 5.29. The van der Waals surface area contributed by atoms with Crippen LogP contribution in [0.4, 0.5) is 0 Å². The van der Waals surface area contributed by atoms with Crippen molar-refractivity contribution in [2.24, 2.45) is 5.92 Å². The van der Waals surface area contributed by atoms with Gasteiger partial charge in [-0.05, 0) is 30.5 Å². The second-order valence-electron chi connectivity index (χ2n) is 4.23. The largest absolute Gasteiger partial charge is 0.508 e. The highest BCUT2D eigenvalue weighted by atomic mass is 16.5. The number of aromatic hydroxyl groups is 1. The summed E-state index contributed by atoms with van der Waals surface area (Å²) in [6.07, 6.45) is 2.29. The number of carbonyl (C=O) groups is 1. The first-order chi connectivity index (χ1) is 7.75. The molecule has 0 spiro atoms. The summed E-state index contributed by atoms with van der Waals surface area (Å²) in [6, 6.07) is 6.87. The molecule has 1 aliphatic rings. The normalized spacial score (nSPS) is 20.6. The van der Waals surface area contributed by atoms with Crippen LogP contribution in [0.3, 0.4) is 0 Å². The smallest absolute Gasteiger partial charge is 0.142 e. The van der Waals surface area contributed by atoms with E-state index in [9.17, 15) is 9.90 Å². The zero-order chi connectivity index (χ0) is 11.4. The molecule has 3 heteroatoms. The molecule has 1 aliphatic heterocycles. The third-order valence-corrected chi connectivity index (χ3v) is 2.90. The first-order valence-electron chi connectivity index (χ1n) is 5.64. The van der Waals surface area contributed by atoms with Crippen LogP contribution in [0.1, 0.15) is 18.4 Å². The highest BCUT2D eigenvalue weighted by Gasteiger charge is 2.21. The number of rotatable bonds is 3. The topological polar surface area (TPSA) is 46.5 Å². The van der Waals surface area contributed by atoms with Gasteiger partial charge in [0.05, 0.1) is 6.61 Å². The van der Waals surface area contributed by atoms with Crippen molar-refractivity contribution < 1.29 is 14.6 Å². The Balaban J connectivity index is 1.96. The fraction of sp³-hybridized carbons (Fsp3) is 0.462. The number of hydrogen-bond donors (Lipinski definition) is 1. The van der Waals surface area contributed by atoms with E-state index in [0.717, 1.165) is 25.0 Å². The SMILES string of the molecule is O=C(Cc1cccc(O)c1)C1CCCOC1. The van der Waals surface area contributed by atoms with Crippen LogP contribution in [0.5, 0.6) is 5.75 Å². The van der Waals surface area contributed by atoms with Crippen LogP contribution in [-0.2, 0) is 16.0 Å². The number of carbonyl (C=O) groups excluding carboxylic acids is 1. The molecule has 86 valence electrons. The minimum absolute atomic E-state index is 0.0381. The Morgan fingerprint density at radius 3 is 3.06 bits per heavy atom. The lowest BCUT2D eigenvalue weighted by Gasteiger charge is -2.20. The average molecular weight is 220 g/mol. The molecule has 0 aliphatic carbocycles. The lowest BCUT2D eigenvalue weighted by molar-refractivity contribution is -0.126. The van der Waals surface area contributed by atoms with Crippen molar-refractivity contribution in [3.05, 3.63) is 29.8 Å². The van der Waals surface area contributed by atoms with Crippen LogP contribution in [0, 0.1) is 5.92 Å². The summed E-state index contributed by atoms with van der Waals surface area (Å²) in [6.45, 7) is 1.33. The van der Waals surface area contributed by atoms with Gasteiger partial charge in [-0.2, -0.15) is 0 Å². The number of Topliss-reactive ketones (excluding diaryl/α,β-unsaturated/α-hetero) is 1. The second kappa shape index (κ2) is 5.12. The van der Waals surface area contributed by atoms with Gasteiger partial charge in [-0.15, -0.1) is 0 Å². The van der Waals surface area contributed by atoms with Gasteiger partial charge < -0.3 is 9.84 Å². The summed E-state index contributed by atoms with van der Waals surface area (Å²) in [7, 11) is 0. The van der Waals surface area contributed by atoms with Crippen LogP contribution < -0.4 is 0 Å². The van der Waals surface area contributed by atoms with E-state index >= 15 is 0 Å².